The summed E-state index contributed by atoms with van der Waals surface area (Å²) in [4.78, 5) is 65.6. The number of rotatable bonds is 7. The second kappa shape index (κ2) is 9.36. The fraction of sp³-hybridized carbons (Fsp3) is 0.500. The molecule has 1 fully saturated rings. The SMILES string of the molecule is CC(=O)OC(OP(=O)(O)O)[C@H]1O[C@@H](n2cnc3c(N)ncnc32)[C@@H](OC(C)=O)[C@@H]1OC(C)=O. The molecule has 0 aliphatic carbocycles. The van der Waals surface area contributed by atoms with Crippen molar-refractivity contribution in [2.45, 2.75) is 51.6 Å². The Morgan fingerprint density at radius 2 is 1.73 bits per heavy atom. The lowest BCUT2D eigenvalue weighted by Crippen LogP contribution is -2.45. The van der Waals surface area contributed by atoms with E-state index in [-0.39, 0.29) is 17.0 Å². The maximum Gasteiger partial charge on any atom is 0.472 e. The fourth-order valence-electron chi connectivity index (χ4n) is 3.25. The van der Waals surface area contributed by atoms with Crippen LogP contribution in [0.4, 0.5) is 5.82 Å². The molecule has 1 unspecified atom stereocenters. The van der Waals surface area contributed by atoms with Gasteiger partial charge in [-0.15, -0.1) is 0 Å². The van der Waals surface area contributed by atoms with Crippen LogP contribution in [0, 0.1) is 0 Å². The number of fused-ring (bicyclic) bond motifs is 1. The smallest absolute Gasteiger partial charge is 0.455 e. The molecule has 4 N–H and O–H groups in total. The number of hydrogen-bond acceptors (Lipinski definition) is 13. The number of nitrogen functional groups attached to an aromatic ring is 1. The molecule has 1 aliphatic rings. The lowest BCUT2D eigenvalue weighted by molar-refractivity contribution is -0.200. The van der Waals surface area contributed by atoms with Crippen LogP contribution in [0.1, 0.15) is 27.0 Å². The van der Waals surface area contributed by atoms with E-state index in [1.165, 1.54) is 10.9 Å². The first kappa shape index (κ1) is 24.5. The summed E-state index contributed by atoms with van der Waals surface area (Å²) >= 11 is 0. The highest BCUT2D eigenvalue weighted by Gasteiger charge is 2.55. The summed E-state index contributed by atoms with van der Waals surface area (Å²) in [5.41, 5.74) is 6.11. The van der Waals surface area contributed by atoms with E-state index >= 15 is 0 Å². The van der Waals surface area contributed by atoms with Crippen LogP contribution in [0.15, 0.2) is 12.7 Å². The summed E-state index contributed by atoms with van der Waals surface area (Å²) in [5, 5.41) is 0. The standard InChI is InChI=1S/C16H20N5O11P/c1-6(22)28-10-11(29-7(2)23)15(21-5-20-9-13(17)18-4-19-14(9)21)31-12(10)16(30-8(3)24)32-33(25,26)27/h4-5,10-12,15-16H,1-3H3,(H2,17,18,19)(H2,25,26,27)/t10-,11-,12-,15+,16?/m0/s1. The molecular weight excluding hydrogens is 469 g/mol. The minimum atomic E-state index is -5.23. The third-order valence-electron chi connectivity index (χ3n) is 4.28. The Hall–Kier alpha value is -3.17. The van der Waals surface area contributed by atoms with Crippen molar-refractivity contribution >= 4 is 42.7 Å². The first-order valence-electron chi connectivity index (χ1n) is 9.21. The van der Waals surface area contributed by atoms with Crippen molar-refractivity contribution in [1.29, 1.82) is 0 Å². The molecule has 33 heavy (non-hydrogen) atoms. The fourth-order valence-corrected chi connectivity index (χ4v) is 3.69. The molecule has 17 heteroatoms. The second-order valence-corrected chi connectivity index (χ2v) is 7.99. The van der Waals surface area contributed by atoms with Crippen molar-refractivity contribution < 1.29 is 52.2 Å². The number of anilines is 1. The van der Waals surface area contributed by atoms with E-state index < -0.39 is 56.6 Å². The molecule has 0 saturated carbocycles. The molecule has 3 heterocycles. The van der Waals surface area contributed by atoms with E-state index in [4.69, 9.17) is 24.7 Å². The summed E-state index contributed by atoms with van der Waals surface area (Å²) in [6, 6.07) is 0. The van der Waals surface area contributed by atoms with E-state index in [1.807, 2.05) is 0 Å². The highest BCUT2D eigenvalue weighted by molar-refractivity contribution is 7.46. The van der Waals surface area contributed by atoms with E-state index in [0.29, 0.717) is 0 Å². The van der Waals surface area contributed by atoms with Gasteiger partial charge in [0.1, 0.15) is 11.8 Å². The highest BCUT2D eigenvalue weighted by Crippen LogP contribution is 2.44. The molecule has 2 aromatic rings. The second-order valence-electron chi connectivity index (χ2n) is 6.80. The van der Waals surface area contributed by atoms with Crippen molar-refractivity contribution in [2.75, 3.05) is 5.73 Å². The molecular formula is C16H20N5O11P. The van der Waals surface area contributed by atoms with Crippen molar-refractivity contribution in [3.05, 3.63) is 12.7 Å². The molecule has 180 valence electrons. The Morgan fingerprint density at radius 3 is 2.30 bits per heavy atom. The molecule has 16 nitrogen and oxygen atoms in total. The van der Waals surface area contributed by atoms with Crippen molar-refractivity contribution in [3.8, 4) is 0 Å². The van der Waals surface area contributed by atoms with Gasteiger partial charge in [-0.2, -0.15) is 0 Å². The molecule has 0 aromatic carbocycles. The van der Waals surface area contributed by atoms with Crippen LogP contribution in [0.5, 0.6) is 0 Å². The van der Waals surface area contributed by atoms with Gasteiger partial charge in [-0.05, 0) is 0 Å². The number of esters is 3. The van der Waals surface area contributed by atoms with Crippen LogP contribution >= 0.6 is 7.82 Å². The third kappa shape index (κ3) is 5.61. The summed E-state index contributed by atoms with van der Waals surface area (Å²) < 4.78 is 38.5. The highest BCUT2D eigenvalue weighted by atomic mass is 31.2. The van der Waals surface area contributed by atoms with Crippen LogP contribution in [-0.2, 0) is 42.4 Å². The number of nitrogens with two attached hydrogens (primary N) is 1. The third-order valence-corrected chi connectivity index (χ3v) is 4.76. The Balaban J connectivity index is 2.11. The number of nitrogens with zero attached hydrogens (tertiary/aromatic N) is 4. The molecule has 2 aromatic heterocycles. The van der Waals surface area contributed by atoms with Crippen LogP contribution < -0.4 is 5.73 Å². The number of aromatic nitrogens is 4. The van der Waals surface area contributed by atoms with Crippen LogP contribution in [-0.4, -0.2) is 71.8 Å². The number of phosphoric ester groups is 1. The summed E-state index contributed by atoms with van der Waals surface area (Å²) in [5.74, 6) is -2.60. The molecule has 0 spiro atoms. The zero-order chi connectivity index (χ0) is 24.5. The molecule has 3 rings (SSSR count). The van der Waals surface area contributed by atoms with Crippen molar-refractivity contribution in [1.82, 2.24) is 19.5 Å². The van der Waals surface area contributed by atoms with Gasteiger partial charge in [-0.1, -0.05) is 0 Å². The van der Waals surface area contributed by atoms with Crippen LogP contribution in [0.3, 0.4) is 0 Å². The number of carbonyl (C=O) groups excluding carboxylic acids is 3. The normalized spacial score (nSPS) is 23.8. The number of imidazole rings is 1. The predicted molar refractivity (Wildman–Crippen MR) is 103 cm³/mol. The van der Waals surface area contributed by atoms with Crippen molar-refractivity contribution in [3.63, 3.8) is 0 Å². The van der Waals surface area contributed by atoms with Gasteiger partial charge in [-0.25, -0.2) is 24.0 Å². The van der Waals surface area contributed by atoms with Crippen LogP contribution in [0.25, 0.3) is 11.2 Å². The average Bonchev–Trinajstić information content (AvgIpc) is 3.22. The van der Waals surface area contributed by atoms with E-state index in [2.05, 4.69) is 19.5 Å². The zero-order valence-corrected chi connectivity index (χ0v) is 18.3. The number of hydrogen-bond donors (Lipinski definition) is 3. The van der Waals surface area contributed by atoms with Gasteiger partial charge in [0.2, 0.25) is 6.29 Å². The number of phosphoric acid groups is 1. The minimum Gasteiger partial charge on any atom is -0.455 e. The van der Waals surface area contributed by atoms with E-state index in [9.17, 15) is 28.7 Å². The quantitative estimate of drug-likeness (QED) is 0.187. The van der Waals surface area contributed by atoms with Gasteiger partial charge in [0, 0.05) is 20.8 Å². The summed E-state index contributed by atoms with van der Waals surface area (Å²) in [6.45, 7) is 3.08. The number of carbonyl (C=O) groups is 3. The Bertz CT molecular complexity index is 1120. The number of ether oxygens (including phenoxy) is 4. The molecule has 0 bridgehead atoms. The molecule has 1 saturated heterocycles. The van der Waals surface area contributed by atoms with Crippen LogP contribution in [0.2, 0.25) is 0 Å². The Labute approximate surface area is 185 Å². The summed E-state index contributed by atoms with van der Waals surface area (Å²) in [6.07, 6.45) is -5.56. The van der Waals surface area contributed by atoms with Crippen molar-refractivity contribution in [2.24, 2.45) is 0 Å². The first-order chi connectivity index (χ1) is 15.4. The Morgan fingerprint density at radius 1 is 1.09 bits per heavy atom. The molecule has 0 radical (unpaired) electrons. The van der Waals surface area contributed by atoms with Gasteiger partial charge < -0.3 is 34.5 Å². The molecule has 5 atom stereocenters. The lowest BCUT2D eigenvalue weighted by Gasteiger charge is -2.27. The average molecular weight is 489 g/mol. The monoisotopic (exact) mass is 489 g/mol. The molecule has 0 amide bonds. The van der Waals surface area contributed by atoms with Gasteiger partial charge >= 0.3 is 25.7 Å². The maximum absolute atomic E-state index is 11.8. The van der Waals surface area contributed by atoms with Gasteiger partial charge in [-0.3, -0.25) is 19.0 Å². The first-order valence-corrected chi connectivity index (χ1v) is 10.7. The van der Waals surface area contributed by atoms with E-state index in [0.717, 1.165) is 27.1 Å². The van der Waals surface area contributed by atoms with E-state index in [1.54, 1.807) is 0 Å². The maximum atomic E-state index is 11.8. The van der Waals surface area contributed by atoms with Gasteiger partial charge in [0.05, 0.1) is 6.33 Å². The lowest BCUT2D eigenvalue weighted by atomic mass is 10.1. The van der Waals surface area contributed by atoms with Gasteiger partial charge in [0.25, 0.3) is 0 Å². The Kier molecular flexibility index (Phi) is 6.94. The zero-order valence-electron chi connectivity index (χ0n) is 17.4. The van der Waals surface area contributed by atoms with Gasteiger partial charge in [0.15, 0.2) is 36.0 Å². The minimum absolute atomic E-state index is 0.0384. The largest absolute Gasteiger partial charge is 0.472 e. The summed E-state index contributed by atoms with van der Waals surface area (Å²) in [7, 11) is -5.23. The molecule has 1 aliphatic heterocycles. The topological polar surface area (TPSA) is 225 Å². The predicted octanol–water partition coefficient (Wildman–Crippen LogP) is -0.832.